The molecule has 1 aliphatic heterocycles. The maximum absolute atomic E-state index is 12.2. The molecule has 1 rings (SSSR count). The Labute approximate surface area is 98.9 Å². The molecular formula is C10H16N2O3S. The third kappa shape index (κ3) is 1.81. The second-order valence-corrected chi connectivity index (χ2v) is 4.53. The van der Waals surface area contributed by atoms with E-state index in [1.54, 1.807) is 20.1 Å². The van der Waals surface area contributed by atoms with Gasteiger partial charge in [0.1, 0.15) is 5.41 Å². The molecule has 1 aliphatic rings. The second-order valence-electron chi connectivity index (χ2n) is 3.70. The smallest absolute Gasteiger partial charge is 0.277 e. The van der Waals surface area contributed by atoms with Gasteiger partial charge in [0.05, 0.1) is 5.88 Å². The van der Waals surface area contributed by atoms with Crippen molar-refractivity contribution in [3.05, 3.63) is 0 Å². The number of barbiturate groups is 1. The van der Waals surface area contributed by atoms with Crippen molar-refractivity contribution >= 4 is 29.6 Å². The van der Waals surface area contributed by atoms with Gasteiger partial charge in [-0.2, -0.15) is 0 Å². The van der Waals surface area contributed by atoms with E-state index in [4.69, 9.17) is 0 Å². The fraction of sp³-hybridized carbons (Fsp3) is 0.700. The van der Waals surface area contributed by atoms with Gasteiger partial charge in [-0.3, -0.25) is 19.8 Å². The highest BCUT2D eigenvalue weighted by Crippen LogP contribution is 2.32. The minimum absolute atomic E-state index is 0.277. The van der Waals surface area contributed by atoms with Crippen LogP contribution >= 0.6 is 11.8 Å². The lowest BCUT2D eigenvalue weighted by molar-refractivity contribution is -0.151. The third-order valence-electron chi connectivity index (χ3n) is 3.02. The van der Waals surface area contributed by atoms with Crippen LogP contribution in [0.15, 0.2) is 0 Å². The number of imide groups is 2. The van der Waals surface area contributed by atoms with Gasteiger partial charge in [0.25, 0.3) is 0 Å². The van der Waals surface area contributed by atoms with Crippen LogP contribution in [0.5, 0.6) is 0 Å². The van der Waals surface area contributed by atoms with Crippen LogP contribution < -0.4 is 5.32 Å². The average Bonchev–Trinajstić information content (AvgIpc) is 2.26. The number of hydrogen-bond donors (Lipinski definition) is 1. The van der Waals surface area contributed by atoms with E-state index in [9.17, 15) is 14.4 Å². The van der Waals surface area contributed by atoms with Gasteiger partial charge in [-0.1, -0.05) is 13.8 Å². The van der Waals surface area contributed by atoms with E-state index in [1.807, 2.05) is 0 Å². The van der Waals surface area contributed by atoms with Crippen LogP contribution in [-0.4, -0.2) is 34.9 Å². The number of amides is 4. The standard InChI is InChI=1S/C10H16N2O3S/c1-4-10(5-2)7(13)11-9(15)12(6-16-3)8(10)14/h4-6H2,1-3H3,(H,11,13,15). The minimum Gasteiger partial charge on any atom is -0.277 e. The zero-order valence-corrected chi connectivity index (χ0v) is 10.5. The maximum atomic E-state index is 12.2. The maximum Gasteiger partial charge on any atom is 0.331 e. The summed E-state index contributed by atoms with van der Waals surface area (Å²) in [6.07, 6.45) is 2.62. The zero-order valence-electron chi connectivity index (χ0n) is 9.70. The molecule has 0 aromatic rings. The van der Waals surface area contributed by atoms with Crippen LogP contribution in [-0.2, 0) is 9.59 Å². The highest BCUT2D eigenvalue weighted by Gasteiger charge is 2.51. The number of nitrogens with one attached hydrogen (secondary N) is 1. The predicted octanol–water partition coefficient (Wildman–Crippen LogP) is 1.19. The van der Waals surface area contributed by atoms with E-state index in [1.165, 1.54) is 11.8 Å². The molecule has 0 aromatic carbocycles. The molecule has 0 aliphatic carbocycles. The van der Waals surface area contributed by atoms with Gasteiger partial charge in [-0.05, 0) is 19.1 Å². The van der Waals surface area contributed by atoms with Crippen molar-refractivity contribution in [1.82, 2.24) is 10.2 Å². The molecule has 6 heteroatoms. The molecule has 0 radical (unpaired) electrons. The normalized spacial score (nSPS) is 19.9. The molecule has 0 aromatic heterocycles. The van der Waals surface area contributed by atoms with Crippen LogP contribution in [0.25, 0.3) is 0 Å². The predicted molar refractivity (Wildman–Crippen MR) is 61.8 cm³/mol. The Hall–Kier alpha value is -1.04. The fourth-order valence-corrected chi connectivity index (χ4v) is 2.34. The van der Waals surface area contributed by atoms with Crippen LogP contribution in [0.3, 0.4) is 0 Å². The highest BCUT2D eigenvalue weighted by atomic mass is 32.2. The summed E-state index contributed by atoms with van der Waals surface area (Å²) in [6.45, 7) is 3.57. The average molecular weight is 244 g/mol. The van der Waals surface area contributed by atoms with Crippen LogP contribution in [0.1, 0.15) is 26.7 Å². The lowest BCUT2D eigenvalue weighted by Crippen LogP contribution is -2.63. The first-order valence-electron chi connectivity index (χ1n) is 5.19. The monoisotopic (exact) mass is 244 g/mol. The van der Waals surface area contributed by atoms with Crippen molar-refractivity contribution in [3.63, 3.8) is 0 Å². The molecular weight excluding hydrogens is 228 g/mol. The second kappa shape index (κ2) is 4.86. The van der Waals surface area contributed by atoms with Crippen molar-refractivity contribution in [1.29, 1.82) is 0 Å². The zero-order chi connectivity index (χ0) is 12.3. The van der Waals surface area contributed by atoms with Crippen molar-refractivity contribution < 1.29 is 14.4 Å². The van der Waals surface area contributed by atoms with Gasteiger partial charge in [-0.25, -0.2) is 4.79 Å². The Bertz CT molecular complexity index is 326. The Morgan fingerprint density at radius 3 is 2.25 bits per heavy atom. The topological polar surface area (TPSA) is 66.5 Å². The van der Waals surface area contributed by atoms with Crippen LogP contribution in [0.2, 0.25) is 0 Å². The summed E-state index contributed by atoms with van der Waals surface area (Å²) in [6, 6.07) is -0.609. The number of thioether (sulfide) groups is 1. The summed E-state index contributed by atoms with van der Waals surface area (Å²) in [7, 11) is 0. The van der Waals surface area contributed by atoms with Crippen molar-refractivity contribution in [2.75, 3.05) is 12.1 Å². The molecule has 1 heterocycles. The van der Waals surface area contributed by atoms with Gasteiger partial charge >= 0.3 is 6.03 Å². The third-order valence-corrected chi connectivity index (χ3v) is 3.54. The molecule has 0 spiro atoms. The van der Waals surface area contributed by atoms with E-state index >= 15 is 0 Å². The van der Waals surface area contributed by atoms with E-state index in [0.717, 1.165) is 4.90 Å². The van der Waals surface area contributed by atoms with Crippen molar-refractivity contribution in [2.24, 2.45) is 5.41 Å². The molecule has 0 unspecified atom stereocenters. The highest BCUT2D eigenvalue weighted by molar-refractivity contribution is 7.98. The first-order valence-corrected chi connectivity index (χ1v) is 6.59. The number of nitrogens with zero attached hydrogens (tertiary/aromatic N) is 1. The van der Waals surface area contributed by atoms with Gasteiger partial charge in [0, 0.05) is 0 Å². The number of carbonyl (C=O) groups excluding carboxylic acids is 3. The van der Waals surface area contributed by atoms with E-state index in [-0.39, 0.29) is 11.8 Å². The quantitative estimate of drug-likeness (QED) is 0.754. The summed E-state index contributed by atoms with van der Waals surface area (Å²) in [5.41, 5.74) is -1.07. The molecule has 4 amide bonds. The summed E-state index contributed by atoms with van der Waals surface area (Å²) in [4.78, 5) is 36.5. The number of rotatable bonds is 4. The largest absolute Gasteiger partial charge is 0.331 e. The van der Waals surface area contributed by atoms with Crippen molar-refractivity contribution in [2.45, 2.75) is 26.7 Å². The molecule has 0 bridgehead atoms. The van der Waals surface area contributed by atoms with Gasteiger partial charge in [0.15, 0.2) is 0 Å². The number of urea groups is 1. The Kier molecular flexibility index (Phi) is 3.96. The molecule has 5 nitrogen and oxygen atoms in total. The Morgan fingerprint density at radius 2 is 1.81 bits per heavy atom. The molecule has 1 saturated heterocycles. The first-order chi connectivity index (χ1) is 7.53. The SMILES string of the molecule is CCC1(CC)C(=O)NC(=O)N(CSC)C1=O. The molecule has 0 atom stereocenters. The summed E-state index contributed by atoms with van der Waals surface area (Å²) >= 11 is 1.37. The van der Waals surface area contributed by atoms with E-state index in [0.29, 0.717) is 12.8 Å². The molecule has 16 heavy (non-hydrogen) atoms. The first kappa shape index (κ1) is 13.0. The van der Waals surface area contributed by atoms with Gasteiger partial charge < -0.3 is 0 Å². The summed E-state index contributed by atoms with van der Waals surface area (Å²) in [5.74, 6) is -0.565. The molecule has 1 N–H and O–H groups in total. The summed E-state index contributed by atoms with van der Waals surface area (Å²) in [5, 5.41) is 2.25. The Balaban J connectivity index is 3.07. The van der Waals surface area contributed by atoms with Crippen molar-refractivity contribution in [3.8, 4) is 0 Å². The Morgan fingerprint density at radius 1 is 1.25 bits per heavy atom. The van der Waals surface area contributed by atoms with Crippen LogP contribution in [0.4, 0.5) is 4.79 Å². The number of carbonyl (C=O) groups is 3. The molecule has 0 saturated carbocycles. The molecule has 90 valence electrons. The minimum atomic E-state index is -1.07. The fourth-order valence-electron chi connectivity index (χ4n) is 1.85. The van der Waals surface area contributed by atoms with Gasteiger partial charge in [-0.15, -0.1) is 11.8 Å². The van der Waals surface area contributed by atoms with Gasteiger partial charge in [0.2, 0.25) is 11.8 Å². The summed E-state index contributed by atoms with van der Waals surface area (Å²) < 4.78 is 0. The lowest BCUT2D eigenvalue weighted by Gasteiger charge is -2.37. The lowest BCUT2D eigenvalue weighted by atomic mass is 9.79. The van der Waals surface area contributed by atoms with Crippen LogP contribution in [0, 0.1) is 5.41 Å². The van der Waals surface area contributed by atoms with E-state index in [2.05, 4.69) is 5.32 Å². The number of hydrogen-bond acceptors (Lipinski definition) is 4. The molecule has 1 fully saturated rings. The van der Waals surface area contributed by atoms with E-state index < -0.39 is 17.4 Å².